The lowest BCUT2D eigenvalue weighted by molar-refractivity contribution is 0.139. The third kappa shape index (κ3) is 2.24. The Bertz CT molecular complexity index is 617. The fraction of sp³-hybridized carbons (Fsp3) is 0.267. The van der Waals surface area contributed by atoms with Crippen LogP contribution in [0.25, 0.3) is 0 Å². The van der Waals surface area contributed by atoms with Crippen LogP contribution in [0.4, 0.5) is 4.39 Å². The van der Waals surface area contributed by atoms with Crippen LogP contribution < -0.4 is 0 Å². The van der Waals surface area contributed by atoms with Crippen molar-refractivity contribution in [3.05, 3.63) is 64.2 Å². The average Bonchev–Trinajstić information content (AvgIpc) is 2.82. The molecule has 0 fully saturated rings. The zero-order valence-corrected chi connectivity index (χ0v) is 10.9. The van der Waals surface area contributed by atoms with Crippen LogP contribution in [0.5, 0.6) is 0 Å². The van der Waals surface area contributed by atoms with Crippen molar-refractivity contribution in [3.8, 4) is 0 Å². The van der Waals surface area contributed by atoms with Gasteiger partial charge in [-0.05, 0) is 36.6 Å². The Balaban J connectivity index is 1.95. The van der Waals surface area contributed by atoms with Gasteiger partial charge in [0.1, 0.15) is 5.82 Å². The Morgan fingerprint density at radius 3 is 3.00 bits per heavy atom. The number of fused-ring (bicyclic) bond motifs is 1. The van der Waals surface area contributed by atoms with E-state index in [2.05, 4.69) is 4.98 Å². The lowest BCUT2D eigenvalue weighted by Crippen LogP contribution is -2.11. The Labute approximate surface area is 115 Å². The van der Waals surface area contributed by atoms with Gasteiger partial charge < -0.3 is 5.11 Å². The molecule has 2 atom stereocenters. The van der Waals surface area contributed by atoms with Gasteiger partial charge >= 0.3 is 0 Å². The van der Waals surface area contributed by atoms with E-state index in [4.69, 9.17) is 11.6 Å². The van der Waals surface area contributed by atoms with Crippen molar-refractivity contribution in [3.63, 3.8) is 0 Å². The smallest absolute Gasteiger partial charge is 0.130 e. The van der Waals surface area contributed by atoms with Crippen molar-refractivity contribution in [2.45, 2.75) is 24.9 Å². The fourth-order valence-corrected chi connectivity index (χ4v) is 2.87. The van der Waals surface area contributed by atoms with Crippen molar-refractivity contribution in [1.82, 2.24) is 4.98 Å². The second-order valence-electron chi connectivity index (χ2n) is 4.80. The molecule has 1 aliphatic carbocycles. The van der Waals surface area contributed by atoms with E-state index >= 15 is 0 Å². The summed E-state index contributed by atoms with van der Waals surface area (Å²) in [6, 6.07) is 8.26. The molecule has 2 unspecified atom stereocenters. The molecule has 0 saturated carbocycles. The highest BCUT2D eigenvalue weighted by Gasteiger charge is 2.31. The highest BCUT2D eigenvalue weighted by atomic mass is 35.5. The van der Waals surface area contributed by atoms with Crippen molar-refractivity contribution in [1.29, 1.82) is 0 Å². The number of aromatic nitrogens is 1. The van der Waals surface area contributed by atoms with Gasteiger partial charge in [-0.25, -0.2) is 4.39 Å². The number of benzene rings is 1. The van der Waals surface area contributed by atoms with Gasteiger partial charge in [-0.3, -0.25) is 4.98 Å². The predicted octanol–water partition coefficient (Wildman–Crippen LogP) is 3.64. The van der Waals surface area contributed by atoms with E-state index in [-0.39, 0.29) is 11.5 Å². The Morgan fingerprint density at radius 1 is 1.37 bits per heavy atom. The van der Waals surface area contributed by atoms with Crippen LogP contribution >= 0.6 is 11.6 Å². The van der Waals surface area contributed by atoms with Crippen LogP contribution in [-0.4, -0.2) is 10.1 Å². The number of hydrogen-bond donors (Lipinski definition) is 1. The number of pyridine rings is 1. The molecule has 0 radical (unpaired) electrons. The van der Waals surface area contributed by atoms with Gasteiger partial charge in [0.15, 0.2) is 0 Å². The van der Waals surface area contributed by atoms with Crippen molar-refractivity contribution < 1.29 is 9.50 Å². The maximum absolute atomic E-state index is 13.9. The molecule has 0 amide bonds. The molecule has 0 bridgehead atoms. The van der Waals surface area contributed by atoms with Gasteiger partial charge in [0, 0.05) is 28.4 Å². The van der Waals surface area contributed by atoms with E-state index in [1.165, 1.54) is 6.07 Å². The maximum atomic E-state index is 13.9. The van der Waals surface area contributed by atoms with Gasteiger partial charge in [0.2, 0.25) is 0 Å². The summed E-state index contributed by atoms with van der Waals surface area (Å²) in [4.78, 5) is 4.33. The highest BCUT2D eigenvalue weighted by molar-refractivity contribution is 6.30. The molecule has 2 aromatic rings. The lowest BCUT2D eigenvalue weighted by atomic mass is 9.93. The zero-order chi connectivity index (χ0) is 13.4. The second-order valence-corrected chi connectivity index (χ2v) is 5.24. The zero-order valence-electron chi connectivity index (χ0n) is 10.2. The van der Waals surface area contributed by atoms with Crippen LogP contribution in [0, 0.1) is 5.82 Å². The maximum Gasteiger partial charge on any atom is 0.130 e. The van der Waals surface area contributed by atoms with Crippen molar-refractivity contribution in [2.75, 3.05) is 0 Å². The van der Waals surface area contributed by atoms with Gasteiger partial charge in [0.05, 0.1) is 6.10 Å². The molecule has 2 nitrogen and oxygen atoms in total. The summed E-state index contributed by atoms with van der Waals surface area (Å²) in [5.74, 6) is -0.615. The SMILES string of the molecule is OC(c1ccc(Cl)cc1F)C1CCc2cccnc21. The largest absolute Gasteiger partial charge is 0.388 e. The van der Waals surface area contributed by atoms with E-state index < -0.39 is 11.9 Å². The van der Waals surface area contributed by atoms with Crippen LogP contribution in [0.1, 0.15) is 35.3 Å². The van der Waals surface area contributed by atoms with E-state index in [0.29, 0.717) is 5.02 Å². The standard InChI is InChI=1S/C15H13ClFNO/c16-10-4-6-11(13(17)8-10)15(19)12-5-3-9-2-1-7-18-14(9)12/h1-2,4,6-8,12,15,19H,3,5H2. The monoisotopic (exact) mass is 277 g/mol. The van der Waals surface area contributed by atoms with E-state index in [1.807, 2.05) is 12.1 Å². The van der Waals surface area contributed by atoms with E-state index in [0.717, 1.165) is 24.1 Å². The third-order valence-corrected chi connectivity index (χ3v) is 3.90. The Morgan fingerprint density at radius 2 is 2.21 bits per heavy atom. The van der Waals surface area contributed by atoms with E-state index in [1.54, 1.807) is 18.3 Å². The lowest BCUT2D eigenvalue weighted by Gasteiger charge is -2.19. The molecular weight excluding hydrogens is 265 g/mol. The molecule has 0 spiro atoms. The number of aliphatic hydroxyl groups excluding tert-OH is 1. The van der Waals surface area contributed by atoms with Crippen LogP contribution in [0.2, 0.25) is 5.02 Å². The molecule has 0 aliphatic heterocycles. The van der Waals surface area contributed by atoms with Crippen LogP contribution in [0.15, 0.2) is 36.5 Å². The number of halogens is 2. The Hall–Kier alpha value is -1.45. The van der Waals surface area contributed by atoms with Crippen molar-refractivity contribution >= 4 is 11.6 Å². The van der Waals surface area contributed by atoms with Gasteiger partial charge in [-0.2, -0.15) is 0 Å². The molecule has 4 heteroatoms. The van der Waals surface area contributed by atoms with Crippen LogP contribution in [0.3, 0.4) is 0 Å². The predicted molar refractivity (Wildman–Crippen MR) is 71.7 cm³/mol. The van der Waals surface area contributed by atoms with Crippen LogP contribution in [-0.2, 0) is 6.42 Å². The first-order chi connectivity index (χ1) is 9.16. The summed E-state index contributed by atoms with van der Waals surface area (Å²) < 4.78 is 13.9. The summed E-state index contributed by atoms with van der Waals surface area (Å²) in [5, 5.41) is 10.7. The van der Waals surface area contributed by atoms with Gasteiger partial charge in [-0.15, -0.1) is 0 Å². The molecule has 0 saturated heterocycles. The summed E-state index contributed by atoms with van der Waals surface area (Å²) in [6.07, 6.45) is 2.49. The number of nitrogens with zero attached hydrogens (tertiary/aromatic N) is 1. The van der Waals surface area contributed by atoms with E-state index in [9.17, 15) is 9.50 Å². The summed E-state index contributed by atoms with van der Waals surface area (Å²) in [7, 11) is 0. The molecular formula is C15H13ClFNO. The van der Waals surface area contributed by atoms with Crippen molar-refractivity contribution in [2.24, 2.45) is 0 Å². The fourth-order valence-electron chi connectivity index (χ4n) is 2.71. The average molecular weight is 278 g/mol. The number of hydrogen-bond acceptors (Lipinski definition) is 2. The minimum absolute atomic E-state index is 0.146. The normalized spacial score (nSPS) is 19.2. The number of aryl methyl sites for hydroxylation is 1. The second kappa shape index (κ2) is 4.91. The summed E-state index contributed by atoms with van der Waals surface area (Å²) in [6.45, 7) is 0. The molecule has 1 N–H and O–H groups in total. The third-order valence-electron chi connectivity index (χ3n) is 3.66. The Kier molecular flexibility index (Phi) is 3.25. The molecule has 3 rings (SSSR count). The molecule has 1 aromatic heterocycles. The number of rotatable bonds is 2. The minimum Gasteiger partial charge on any atom is -0.388 e. The molecule has 1 aliphatic rings. The first kappa shape index (κ1) is 12.6. The molecule has 98 valence electrons. The molecule has 1 heterocycles. The quantitative estimate of drug-likeness (QED) is 0.909. The van der Waals surface area contributed by atoms with Gasteiger partial charge in [-0.1, -0.05) is 23.7 Å². The first-order valence-electron chi connectivity index (χ1n) is 6.23. The minimum atomic E-state index is -0.881. The topological polar surface area (TPSA) is 33.1 Å². The highest BCUT2D eigenvalue weighted by Crippen LogP contribution is 2.41. The summed E-state index contributed by atoms with van der Waals surface area (Å²) >= 11 is 5.73. The molecule has 19 heavy (non-hydrogen) atoms. The molecule has 1 aromatic carbocycles. The number of aliphatic hydroxyl groups is 1. The van der Waals surface area contributed by atoms with Gasteiger partial charge in [0.25, 0.3) is 0 Å². The first-order valence-corrected chi connectivity index (χ1v) is 6.61. The summed E-state index contributed by atoms with van der Waals surface area (Å²) in [5.41, 5.74) is 2.30.